The molecule has 1 aromatic carbocycles. The zero-order valence-corrected chi connectivity index (χ0v) is 12.2. The molecule has 0 aliphatic carbocycles. The minimum atomic E-state index is -1.14. The first-order chi connectivity index (χ1) is 9.27. The molecule has 0 bridgehead atoms. The van der Waals surface area contributed by atoms with Gasteiger partial charge in [-0.05, 0) is 16.5 Å². The second-order valence-corrected chi connectivity index (χ2v) is 6.44. The van der Waals surface area contributed by atoms with Crippen LogP contribution in [0.1, 0.15) is 38.3 Å². The summed E-state index contributed by atoms with van der Waals surface area (Å²) >= 11 is 0. The smallest absolute Gasteiger partial charge is 0.223 e. The molecule has 1 saturated heterocycles. The maximum absolute atomic E-state index is 11.8. The van der Waals surface area contributed by atoms with Crippen LogP contribution in [0.15, 0.2) is 24.3 Å². The molecule has 1 aliphatic heterocycles. The molecule has 1 atom stereocenters. The van der Waals surface area contributed by atoms with Crippen molar-refractivity contribution in [2.75, 3.05) is 6.54 Å². The van der Waals surface area contributed by atoms with E-state index in [2.05, 4.69) is 32.9 Å². The van der Waals surface area contributed by atoms with Crippen molar-refractivity contribution in [2.45, 2.75) is 39.2 Å². The topological polar surface area (TPSA) is 60.4 Å². The number of carboxylic acids is 1. The molecule has 4 nitrogen and oxygen atoms in total. The standard InChI is InChI=1S/C16H21NO3/c1-16(2,3)13-6-4-11(5-7-13)9-17-10-12(15(19)20)8-14(17)18/h4-7,12H,8-10H2,1-3H3,(H,19,20)/p-1/t12-/m0/s1. The fraction of sp³-hybridized carbons (Fsp3) is 0.500. The molecule has 0 spiro atoms. The molecule has 1 fully saturated rings. The first kappa shape index (κ1) is 14.6. The van der Waals surface area contributed by atoms with Gasteiger partial charge in [0.05, 0.1) is 0 Å². The zero-order valence-electron chi connectivity index (χ0n) is 12.2. The maximum Gasteiger partial charge on any atom is 0.223 e. The van der Waals surface area contributed by atoms with Gasteiger partial charge in [-0.3, -0.25) is 4.79 Å². The van der Waals surface area contributed by atoms with Crippen molar-refractivity contribution in [3.05, 3.63) is 35.4 Å². The highest BCUT2D eigenvalue weighted by atomic mass is 16.4. The van der Waals surface area contributed by atoms with Crippen LogP contribution >= 0.6 is 0 Å². The average Bonchev–Trinajstić information content (AvgIpc) is 2.71. The number of hydrogen-bond acceptors (Lipinski definition) is 3. The number of carbonyl (C=O) groups is 2. The summed E-state index contributed by atoms with van der Waals surface area (Å²) in [7, 11) is 0. The van der Waals surface area contributed by atoms with E-state index < -0.39 is 11.9 Å². The predicted molar refractivity (Wildman–Crippen MR) is 73.7 cm³/mol. The number of carboxylic acid groups (broad SMARTS) is 1. The van der Waals surface area contributed by atoms with Crippen molar-refractivity contribution in [1.29, 1.82) is 0 Å². The zero-order chi connectivity index (χ0) is 14.9. The number of hydrogen-bond donors (Lipinski definition) is 0. The van der Waals surface area contributed by atoms with Crippen molar-refractivity contribution in [2.24, 2.45) is 5.92 Å². The average molecular weight is 274 g/mol. The quantitative estimate of drug-likeness (QED) is 0.828. The second kappa shape index (κ2) is 5.27. The number of aliphatic carboxylic acids is 1. The maximum atomic E-state index is 11.8. The fourth-order valence-electron chi connectivity index (χ4n) is 2.41. The monoisotopic (exact) mass is 274 g/mol. The summed E-state index contributed by atoms with van der Waals surface area (Å²) in [6.07, 6.45) is 0.0579. The van der Waals surface area contributed by atoms with Crippen molar-refractivity contribution >= 4 is 11.9 Å². The highest BCUT2D eigenvalue weighted by Crippen LogP contribution is 2.24. The lowest BCUT2D eigenvalue weighted by molar-refractivity contribution is -0.311. The molecule has 0 radical (unpaired) electrons. The number of nitrogens with zero attached hydrogens (tertiary/aromatic N) is 1. The third-order valence-corrected chi connectivity index (χ3v) is 3.74. The molecule has 1 aromatic rings. The highest BCUT2D eigenvalue weighted by Gasteiger charge is 2.30. The van der Waals surface area contributed by atoms with Crippen LogP contribution in [0.25, 0.3) is 0 Å². The highest BCUT2D eigenvalue weighted by molar-refractivity contribution is 5.85. The number of benzene rings is 1. The van der Waals surface area contributed by atoms with Crippen molar-refractivity contribution in [3.63, 3.8) is 0 Å². The predicted octanol–water partition coefficient (Wildman–Crippen LogP) is 1.08. The van der Waals surface area contributed by atoms with Gasteiger partial charge in [0.25, 0.3) is 0 Å². The Bertz CT molecular complexity index is 514. The van der Waals surface area contributed by atoms with Gasteiger partial charge in [-0.25, -0.2) is 0 Å². The molecule has 2 rings (SSSR count). The summed E-state index contributed by atoms with van der Waals surface area (Å²) in [5.41, 5.74) is 2.36. The minimum absolute atomic E-state index is 0.0579. The van der Waals surface area contributed by atoms with E-state index in [1.165, 1.54) is 5.56 Å². The van der Waals surface area contributed by atoms with Gasteiger partial charge in [-0.1, -0.05) is 45.0 Å². The molecule has 20 heavy (non-hydrogen) atoms. The van der Waals surface area contributed by atoms with E-state index in [-0.39, 0.29) is 24.3 Å². The number of rotatable bonds is 3. The Morgan fingerprint density at radius 1 is 1.30 bits per heavy atom. The SMILES string of the molecule is CC(C)(C)c1ccc(CN2C[C@@H](C(=O)[O-])CC2=O)cc1. The Hall–Kier alpha value is -1.84. The second-order valence-electron chi connectivity index (χ2n) is 6.44. The molecular weight excluding hydrogens is 254 g/mol. The molecule has 0 unspecified atom stereocenters. The Kier molecular flexibility index (Phi) is 3.84. The van der Waals surface area contributed by atoms with Crippen LogP contribution in [0.4, 0.5) is 0 Å². The summed E-state index contributed by atoms with van der Waals surface area (Å²) < 4.78 is 0. The number of carbonyl (C=O) groups excluding carboxylic acids is 2. The Morgan fingerprint density at radius 2 is 1.90 bits per heavy atom. The van der Waals surface area contributed by atoms with Crippen LogP contribution in [0.5, 0.6) is 0 Å². The molecule has 1 heterocycles. The third kappa shape index (κ3) is 3.18. The fourth-order valence-corrected chi connectivity index (χ4v) is 2.41. The first-order valence-electron chi connectivity index (χ1n) is 6.85. The van der Waals surface area contributed by atoms with E-state index in [4.69, 9.17) is 0 Å². The van der Waals surface area contributed by atoms with Crippen molar-refractivity contribution in [3.8, 4) is 0 Å². The van der Waals surface area contributed by atoms with Gasteiger partial charge in [0.2, 0.25) is 5.91 Å². The van der Waals surface area contributed by atoms with Crippen LogP contribution in [-0.4, -0.2) is 23.3 Å². The largest absolute Gasteiger partial charge is 0.550 e. The summed E-state index contributed by atoms with van der Waals surface area (Å²) in [6.45, 7) is 7.17. The Balaban J connectivity index is 2.04. The Morgan fingerprint density at radius 3 is 2.35 bits per heavy atom. The van der Waals surface area contributed by atoms with Crippen LogP contribution in [-0.2, 0) is 21.5 Å². The van der Waals surface area contributed by atoms with Gasteiger partial charge in [-0.15, -0.1) is 0 Å². The lowest BCUT2D eigenvalue weighted by atomic mass is 9.87. The van der Waals surface area contributed by atoms with Gasteiger partial charge in [0.15, 0.2) is 0 Å². The number of amides is 1. The lowest BCUT2D eigenvalue weighted by Gasteiger charge is -2.21. The van der Waals surface area contributed by atoms with Gasteiger partial charge >= 0.3 is 0 Å². The van der Waals surface area contributed by atoms with Gasteiger partial charge in [0, 0.05) is 31.4 Å². The Labute approximate surface area is 119 Å². The van der Waals surface area contributed by atoms with E-state index in [9.17, 15) is 14.7 Å². The summed E-state index contributed by atoms with van der Waals surface area (Å²) in [5, 5.41) is 10.8. The van der Waals surface area contributed by atoms with Crippen molar-refractivity contribution < 1.29 is 14.7 Å². The molecular formula is C16H20NO3-. The summed E-state index contributed by atoms with van der Waals surface area (Å²) in [6, 6.07) is 8.12. The number of likely N-dealkylation sites (tertiary alicyclic amines) is 1. The van der Waals surface area contributed by atoms with Gasteiger partial charge in [0.1, 0.15) is 0 Å². The van der Waals surface area contributed by atoms with Gasteiger partial charge < -0.3 is 14.8 Å². The van der Waals surface area contributed by atoms with Crippen LogP contribution in [0.3, 0.4) is 0 Å². The summed E-state index contributed by atoms with van der Waals surface area (Å²) in [4.78, 5) is 24.2. The van der Waals surface area contributed by atoms with Crippen LogP contribution in [0.2, 0.25) is 0 Å². The van der Waals surface area contributed by atoms with Gasteiger partial charge in [-0.2, -0.15) is 0 Å². The minimum Gasteiger partial charge on any atom is -0.550 e. The van der Waals surface area contributed by atoms with Crippen molar-refractivity contribution in [1.82, 2.24) is 4.90 Å². The molecule has 0 aromatic heterocycles. The third-order valence-electron chi connectivity index (χ3n) is 3.74. The molecule has 1 amide bonds. The molecule has 108 valence electrons. The van der Waals surface area contributed by atoms with Crippen LogP contribution in [0, 0.1) is 5.92 Å². The molecule has 0 N–H and O–H groups in total. The lowest BCUT2D eigenvalue weighted by Crippen LogP contribution is -2.33. The molecule has 4 heteroatoms. The van der Waals surface area contributed by atoms with E-state index in [0.29, 0.717) is 6.54 Å². The normalized spacial score (nSPS) is 19.4. The van der Waals surface area contributed by atoms with E-state index >= 15 is 0 Å². The van der Waals surface area contributed by atoms with E-state index in [1.807, 2.05) is 12.1 Å². The summed E-state index contributed by atoms with van der Waals surface area (Å²) in [5.74, 6) is -1.92. The molecule has 1 aliphatic rings. The van der Waals surface area contributed by atoms with E-state index in [0.717, 1.165) is 5.56 Å². The van der Waals surface area contributed by atoms with E-state index in [1.54, 1.807) is 4.90 Å². The molecule has 0 saturated carbocycles. The first-order valence-corrected chi connectivity index (χ1v) is 6.85. The van der Waals surface area contributed by atoms with Crippen LogP contribution < -0.4 is 5.11 Å².